The van der Waals surface area contributed by atoms with E-state index in [1.165, 1.54) is 12.1 Å². The van der Waals surface area contributed by atoms with E-state index in [0.717, 1.165) is 12.8 Å². The lowest BCUT2D eigenvalue weighted by molar-refractivity contribution is 0.0698. The first-order valence-electron chi connectivity index (χ1n) is 6.26. The normalized spacial score (nSPS) is 10.6. The molecule has 2 rings (SSSR count). The number of ether oxygens (including phenoxy) is 1. The summed E-state index contributed by atoms with van der Waals surface area (Å²) in [6.45, 7) is 2.59. The van der Waals surface area contributed by atoms with Gasteiger partial charge in [0.1, 0.15) is 11.5 Å². The van der Waals surface area contributed by atoms with E-state index >= 15 is 0 Å². The molecule has 19 heavy (non-hydrogen) atoms. The third kappa shape index (κ3) is 2.62. The maximum atomic E-state index is 11.3. The van der Waals surface area contributed by atoms with Crippen LogP contribution in [0.4, 0.5) is 0 Å². The van der Waals surface area contributed by atoms with Gasteiger partial charge in [-0.1, -0.05) is 25.5 Å². The molecule has 0 radical (unpaired) electrons. The van der Waals surface area contributed by atoms with E-state index in [4.69, 9.17) is 4.74 Å². The number of aromatic carboxylic acids is 1. The van der Waals surface area contributed by atoms with Crippen molar-refractivity contribution in [2.75, 3.05) is 6.61 Å². The van der Waals surface area contributed by atoms with Crippen molar-refractivity contribution in [3.63, 3.8) is 0 Å². The minimum atomic E-state index is -1.03. The Morgan fingerprint density at radius 3 is 2.74 bits per heavy atom. The summed E-state index contributed by atoms with van der Waals surface area (Å²) in [4.78, 5) is 11.3. The van der Waals surface area contributed by atoms with Crippen LogP contribution in [-0.4, -0.2) is 22.8 Å². The quantitative estimate of drug-likeness (QED) is 0.808. The Hall–Kier alpha value is -2.23. The molecule has 2 aromatic rings. The highest BCUT2D eigenvalue weighted by atomic mass is 16.5. The van der Waals surface area contributed by atoms with Crippen LogP contribution in [-0.2, 0) is 0 Å². The lowest BCUT2D eigenvalue weighted by atomic mass is 10.0. The molecule has 0 heterocycles. The summed E-state index contributed by atoms with van der Waals surface area (Å²) in [5, 5.41) is 20.0. The number of unbranched alkanes of at least 4 members (excludes halogenated alkanes) is 1. The number of rotatable bonds is 5. The summed E-state index contributed by atoms with van der Waals surface area (Å²) in [5.41, 5.74) is 0.139. The average molecular weight is 260 g/mol. The molecule has 0 fully saturated rings. The van der Waals surface area contributed by atoms with Crippen LogP contribution in [0.1, 0.15) is 30.1 Å². The van der Waals surface area contributed by atoms with Crippen LogP contribution in [0.25, 0.3) is 10.8 Å². The second-order valence-corrected chi connectivity index (χ2v) is 4.32. The third-order valence-corrected chi connectivity index (χ3v) is 2.97. The van der Waals surface area contributed by atoms with Crippen LogP contribution < -0.4 is 4.74 Å². The third-order valence-electron chi connectivity index (χ3n) is 2.97. The van der Waals surface area contributed by atoms with Gasteiger partial charge in [0.25, 0.3) is 0 Å². The van der Waals surface area contributed by atoms with Crippen molar-refractivity contribution >= 4 is 16.7 Å². The van der Waals surface area contributed by atoms with Crippen LogP contribution in [0.15, 0.2) is 30.3 Å². The van der Waals surface area contributed by atoms with Crippen LogP contribution in [0, 0.1) is 0 Å². The molecule has 0 aliphatic carbocycles. The van der Waals surface area contributed by atoms with Gasteiger partial charge in [-0.25, -0.2) is 4.79 Å². The standard InChI is InChI=1S/C15H16O4/c1-2-3-9-19-13-6-4-5-10-12(16)8-7-11(14(10)13)15(17)18/h4-8,16H,2-3,9H2,1H3,(H,17,18). The minimum Gasteiger partial charge on any atom is -0.507 e. The van der Waals surface area contributed by atoms with E-state index in [1.807, 2.05) is 0 Å². The number of carbonyl (C=O) groups is 1. The molecule has 0 amide bonds. The Bertz CT molecular complexity index is 604. The zero-order valence-electron chi connectivity index (χ0n) is 10.7. The Morgan fingerprint density at radius 2 is 2.05 bits per heavy atom. The lowest BCUT2D eigenvalue weighted by Crippen LogP contribution is -2.02. The summed E-state index contributed by atoms with van der Waals surface area (Å²) >= 11 is 0. The number of carboxylic acids is 1. The molecule has 0 unspecified atom stereocenters. The fourth-order valence-corrected chi connectivity index (χ4v) is 1.98. The Labute approximate surface area is 111 Å². The second-order valence-electron chi connectivity index (χ2n) is 4.32. The molecular weight excluding hydrogens is 244 g/mol. The second kappa shape index (κ2) is 5.61. The van der Waals surface area contributed by atoms with Crippen LogP contribution >= 0.6 is 0 Å². The van der Waals surface area contributed by atoms with Crippen molar-refractivity contribution in [1.82, 2.24) is 0 Å². The van der Waals surface area contributed by atoms with Crippen LogP contribution in [0.3, 0.4) is 0 Å². The van der Waals surface area contributed by atoms with Gasteiger partial charge in [-0.2, -0.15) is 0 Å². The zero-order valence-corrected chi connectivity index (χ0v) is 10.7. The predicted octanol–water partition coefficient (Wildman–Crippen LogP) is 3.42. The Balaban J connectivity index is 2.57. The van der Waals surface area contributed by atoms with E-state index in [-0.39, 0.29) is 11.3 Å². The van der Waals surface area contributed by atoms with Crippen molar-refractivity contribution < 1.29 is 19.7 Å². The topological polar surface area (TPSA) is 66.8 Å². The van der Waals surface area contributed by atoms with Crippen molar-refractivity contribution in [3.05, 3.63) is 35.9 Å². The van der Waals surface area contributed by atoms with Crippen molar-refractivity contribution in [3.8, 4) is 11.5 Å². The number of phenolic OH excluding ortho intramolecular Hbond substituents is 1. The number of benzene rings is 2. The average Bonchev–Trinajstić information content (AvgIpc) is 2.39. The highest BCUT2D eigenvalue weighted by Crippen LogP contribution is 2.34. The Morgan fingerprint density at radius 1 is 1.26 bits per heavy atom. The van der Waals surface area contributed by atoms with Gasteiger partial charge >= 0.3 is 5.97 Å². The molecule has 0 aliphatic rings. The largest absolute Gasteiger partial charge is 0.507 e. The van der Waals surface area contributed by atoms with E-state index in [1.54, 1.807) is 18.2 Å². The first kappa shape index (κ1) is 13.2. The van der Waals surface area contributed by atoms with E-state index in [0.29, 0.717) is 23.1 Å². The molecule has 0 bridgehead atoms. The number of carboxylic acid groups (broad SMARTS) is 1. The molecule has 4 heteroatoms. The number of hydrogen-bond acceptors (Lipinski definition) is 3. The predicted molar refractivity (Wildman–Crippen MR) is 73.0 cm³/mol. The van der Waals surface area contributed by atoms with Gasteiger partial charge in [-0.15, -0.1) is 0 Å². The highest BCUT2D eigenvalue weighted by molar-refractivity contribution is 6.08. The molecule has 0 saturated heterocycles. The highest BCUT2D eigenvalue weighted by Gasteiger charge is 2.15. The molecule has 2 aromatic carbocycles. The van der Waals surface area contributed by atoms with Gasteiger partial charge < -0.3 is 14.9 Å². The van der Waals surface area contributed by atoms with Gasteiger partial charge in [0, 0.05) is 10.8 Å². The molecular formula is C15H16O4. The van der Waals surface area contributed by atoms with E-state index in [2.05, 4.69) is 6.92 Å². The fourth-order valence-electron chi connectivity index (χ4n) is 1.98. The number of phenols is 1. The van der Waals surface area contributed by atoms with Gasteiger partial charge in [-0.05, 0) is 24.6 Å². The molecule has 0 atom stereocenters. The SMILES string of the molecule is CCCCOc1cccc2c(O)ccc(C(=O)O)c12. The van der Waals surface area contributed by atoms with E-state index in [9.17, 15) is 15.0 Å². The molecule has 2 N–H and O–H groups in total. The number of hydrogen-bond donors (Lipinski definition) is 2. The van der Waals surface area contributed by atoms with Crippen molar-refractivity contribution in [2.24, 2.45) is 0 Å². The van der Waals surface area contributed by atoms with Gasteiger partial charge in [0.15, 0.2) is 0 Å². The van der Waals surface area contributed by atoms with Gasteiger partial charge in [0.05, 0.1) is 12.2 Å². The zero-order chi connectivity index (χ0) is 13.8. The number of aromatic hydroxyl groups is 1. The maximum absolute atomic E-state index is 11.3. The molecule has 0 aromatic heterocycles. The number of fused-ring (bicyclic) bond motifs is 1. The molecule has 100 valence electrons. The van der Waals surface area contributed by atoms with Gasteiger partial charge in [0.2, 0.25) is 0 Å². The smallest absolute Gasteiger partial charge is 0.336 e. The minimum absolute atomic E-state index is 0.0564. The van der Waals surface area contributed by atoms with Crippen LogP contribution in [0.2, 0.25) is 0 Å². The summed E-state index contributed by atoms with van der Waals surface area (Å²) in [7, 11) is 0. The Kier molecular flexibility index (Phi) is 3.90. The van der Waals surface area contributed by atoms with Gasteiger partial charge in [-0.3, -0.25) is 0 Å². The summed E-state index contributed by atoms with van der Waals surface area (Å²) < 4.78 is 5.63. The molecule has 0 saturated carbocycles. The summed E-state index contributed by atoms with van der Waals surface area (Å²) in [5.74, 6) is -0.475. The maximum Gasteiger partial charge on any atom is 0.336 e. The molecule has 4 nitrogen and oxygen atoms in total. The first-order valence-corrected chi connectivity index (χ1v) is 6.26. The first-order chi connectivity index (χ1) is 9.15. The lowest BCUT2D eigenvalue weighted by Gasteiger charge is -2.11. The van der Waals surface area contributed by atoms with E-state index < -0.39 is 5.97 Å². The molecule has 0 spiro atoms. The van der Waals surface area contributed by atoms with Crippen molar-refractivity contribution in [1.29, 1.82) is 0 Å². The van der Waals surface area contributed by atoms with Crippen molar-refractivity contribution in [2.45, 2.75) is 19.8 Å². The summed E-state index contributed by atoms with van der Waals surface area (Å²) in [6, 6.07) is 7.94. The summed E-state index contributed by atoms with van der Waals surface area (Å²) in [6.07, 6.45) is 1.90. The van der Waals surface area contributed by atoms with Crippen LogP contribution in [0.5, 0.6) is 11.5 Å². The monoisotopic (exact) mass is 260 g/mol. The molecule has 0 aliphatic heterocycles. The fraction of sp³-hybridized carbons (Fsp3) is 0.267.